The molecule has 2 aromatic rings. The molecule has 1 aromatic carbocycles. The maximum atomic E-state index is 10.8. The SMILES string of the molecule is CC.CNCC(O)COc1cccc(-c2nc(NC3CCOC3)c(C)c(N3CCC(O)(CCO)CC3)n2)c1. The van der Waals surface area contributed by atoms with Gasteiger partial charge in [-0.05, 0) is 51.8 Å². The number of ether oxygens (including phenoxy) is 2. The fourth-order valence-electron chi connectivity index (χ4n) is 4.73. The van der Waals surface area contributed by atoms with Crippen molar-refractivity contribution in [2.75, 3.05) is 63.3 Å². The summed E-state index contributed by atoms with van der Waals surface area (Å²) in [5.41, 5.74) is 0.943. The summed E-state index contributed by atoms with van der Waals surface area (Å²) in [6.07, 6.45) is 1.85. The van der Waals surface area contributed by atoms with Crippen molar-refractivity contribution in [3.63, 3.8) is 0 Å². The van der Waals surface area contributed by atoms with Crippen molar-refractivity contribution in [2.45, 2.75) is 64.2 Å². The molecule has 38 heavy (non-hydrogen) atoms. The first-order valence-corrected chi connectivity index (χ1v) is 13.8. The first-order valence-electron chi connectivity index (χ1n) is 13.8. The number of piperidine rings is 1. The zero-order chi connectivity index (χ0) is 27.5. The van der Waals surface area contributed by atoms with Gasteiger partial charge >= 0.3 is 0 Å². The van der Waals surface area contributed by atoms with Crippen molar-refractivity contribution in [1.82, 2.24) is 15.3 Å². The monoisotopic (exact) mass is 531 g/mol. The minimum Gasteiger partial charge on any atom is -0.491 e. The molecule has 10 heteroatoms. The number of aromatic nitrogens is 2. The van der Waals surface area contributed by atoms with Crippen molar-refractivity contribution in [3.05, 3.63) is 29.8 Å². The Morgan fingerprint density at radius 3 is 2.66 bits per heavy atom. The highest BCUT2D eigenvalue weighted by Gasteiger charge is 2.33. The number of nitrogens with one attached hydrogen (secondary N) is 2. The third-order valence-corrected chi connectivity index (χ3v) is 6.94. The molecule has 2 atom stereocenters. The third kappa shape index (κ3) is 8.00. The van der Waals surface area contributed by atoms with E-state index in [1.54, 1.807) is 7.05 Å². The molecule has 0 bridgehead atoms. The van der Waals surface area contributed by atoms with Gasteiger partial charge in [-0.3, -0.25) is 0 Å². The van der Waals surface area contributed by atoms with Gasteiger partial charge in [0.05, 0.1) is 18.2 Å². The van der Waals surface area contributed by atoms with E-state index in [1.807, 2.05) is 45.0 Å². The Morgan fingerprint density at radius 2 is 2.00 bits per heavy atom. The number of rotatable bonds is 11. The number of benzene rings is 1. The molecule has 0 radical (unpaired) electrons. The minimum atomic E-state index is -0.833. The van der Waals surface area contributed by atoms with Crippen molar-refractivity contribution in [3.8, 4) is 17.1 Å². The van der Waals surface area contributed by atoms with Gasteiger partial charge in [-0.15, -0.1) is 0 Å². The lowest BCUT2D eigenvalue weighted by Gasteiger charge is -2.39. The van der Waals surface area contributed by atoms with E-state index in [0.29, 0.717) is 57.1 Å². The van der Waals surface area contributed by atoms with Crippen LogP contribution >= 0.6 is 0 Å². The lowest BCUT2D eigenvalue weighted by atomic mass is 9.88. The molecule has 0 amide bonds. The summed E-state index contributed by atoms with van der Waals surface area (Å²) in [7, 11) is 1.79. The first-order chi connectivity index (χ1) is 18.4. The summed E-state index contributed by atoms with van der Waals surface area (Å²) >= 11 is 0. The van der Waals surface area contributed by atoms with E-state index in [0.717, 1.165) is 35.8 Å². The molecule has 5 N–H and O–H groups in total. The van der Waals surface area contributed by atoms with Crippen LogP contribution in [0, 0.1) is 6.92 Å². The molecule has 10 nitrogen and oxygen atoms in total. The Bertz CT molecular complexity index is 994. The van der Waals surface area contributed by atoms with Gasteiger partial charge in [0.25, 0.3) is 0 Å². The first kappa shape index (κ1) is 30.0. The molecule has 2 unspecified atom stereocenters. The second kappa shape index (κ2) is 14.6. The smallest absolute Gasteiger partial charge is 0.164 e. The molecule has 2 aliphatic heterocycles. The zero-order valence-electron chi connectivity index (χ0n) is 23.2. The minimum absolute atomic E-state index is 0.0187. The van der Waals surface area contributed by atoms with E-state index < -0.39 is 11.7 Å². The van der Waals surface area contributed by atoms with Gasteiger partial charge < -0.3 is 40.3 Å². The molecule has 3 heterocycles. The molecule has 0 aliphatic carbocycles. The van der Waals surface area contributed by atoms with Crippen molar-refractivity contribution in [2.24, 2.45) is 0 Å². The quantitative estimate of drug-likeness (QED) is 0.294. The van der Waals surface area contributed by atoms with Crippen LogP contribution in [0.3, 0.4) is 0 Å². The Balaban J connectivity index is 0.00000195. The van der Waals surface area contributed by atoms with Gasteiger partial charge in [-0.2, -0.15) is 0 Å². The standard InChI is InChI=1S/C26H39N5O5.C2H6/c1-18-23(28-20-6-13-35-16-20)29-24(19-4-3-5-22(14-19)36-17-21(33)15-27-2)30-25(18)31-10-7-26(34,8-11-31)9-12-32;1-2/h3-5,14,20-21,27,32-34H,6-13,15-17H2,1-2H3,(H,28,29,30);1-2H3. The molecule has 2 fully saturated rings. The van der Waals surface area contributed by atoms with Crippen LogP contribution in [0.2, 0.25) is 0 Å². The maximum absolute atomic E-state index is 10.8. The van der Waals surface area contributed by atoms with Gasteiger partial charge in [0, 0.05) is 44.0 Å². The van der Waals surface area contributed by atoms with Crippen LogP contribution in [0.4, 0.5) is 11.6 Å². The normalized spacial score (nSPS) is 19.4. The fraction of sp³-hybridized carbons (Fsp3) is 0.643. The topological polar surface area (TPSA) is 132 Å². The number of nitrogens with zero attached hydrogens (tertiary/aromatic N) is 3. The Kier molecular flexibility index (Phi) is 11.5. The maximum Gasteiger partial charge on any atom is 0.164 e. The molecule has 0 spiro atoms. The van der Waals surface area contributed by atoms with Crippen molar-refractivity contribution in [1.29, 1.82) is 0 Å². The number of likely N-dealkylation sites (N-methyl/N-ethyl adjacent to an activating group) is 1. The summed E-state index contributed by atoms with van der Waals surface area (Å²) in [6.45, 7) is 9.30. The molecular weight excluding hydrogens is 486 g/mol. The number of hydrogen-bond donors (Lipinski definition) is 5. The predicted molar refractivity (Wildman–Crippen MR) is 150 cm³/mol. The van der Waals surface area contributed by atoms with Crippen LogP contribution < -0.4 is 20.3 Å². The van der Waals surface area contributed by atoms with E-state index >= 15 is 0 Å². The Hall–Kier alpha value is -2.50. The second-order valence-corrected chi connectivity index (χ2v) is 9.78. The van der Waals surface area contributed by atoms with Gasteiger partial charge in [0.15, 0.2) is 5.82 Å². The van der Waals surface area contributed by atoms with Crippen LogP contribution in [0.15, 0.2) is 24.3 Å². The van der Waals surface area contributed by atoms with Gasteiger partial charge in [-0.1, -0.05) is 26.0 Å². The Labute approximate surface area is 226 Å². The lowest BCUT2D eigenvalue weighted by Crippen LogP contribution is -2.45. The third-order valence-electron chi connectivity index (χ3n) is 6.94. The average molecular weight is 532 g/mol. The highest BCUT2D eigenvalue weighted by Crippen LogP contribution is 2.34. The highest BCUT2D eigenvalue weighted by atomic mass is 16.5. The molecule has 0 saturated carbocycles. The molecule has 212 valence electrons. The lowest BCUT2D eigenvalue weighted by molar-refractivity contribution is -0.00545. The van der Waals surface area contributed by atoms with Crippen LogP contribution in [0.5, 0.6) is 5.75 Å². The molecule has 1 aromatic heterocycles. The summed E-state index contributed by atoms with van der Waals surface area (Å²) in [4.78, 5) is 12.0. The molecule has 2 aliphatic rings. The number of aliphatic hydroxyl groups is 3. The van der Waals surface area contributed by atoms with E-state index in [1.165, 1.54) is 0 Å². The van der Waals surface area contributed by atoms with Crippen LogP contribution in [-0.2, 0) is 4.74 Å². The van der Waals surface area contributed by atoms with E-state index in [2.05, 4.69) is 15.5 Å². The summed E-state index contributed by atoms with van der Waals surface area (Å²) in [6, 6.07) is 7.78. The zero-order valence-corrected chi connectivity index (χ0v) is 23.2. The molecular formula is C28H45N5O5. The van der Waals surface area contributed by atoms with E-state index in [-0.39, 0.29) is 19.3 Å². The van der Waals surface area contributed by atoms with Crippen molar-refractivity contribution < 1.29 is 24.8 Å². The van der Waals surface area contributed by atoms with Gasteiger partial charge in [0.1, 0.15) is 30.1 Å². The number of hydrogen-bond acceptors (Lipinski definition) is 10. The number of aliphatic hydroxyl groups excluding tert-OH is 2. The number of anilines is 2. The van der Waals surface area contributed by atoms with E-state index in [4.69, 9.17) is 19.4 Å². The highest BCUT2D eigenvalue weighted by molar-refractivity contribution is 5.67. The summed E-state index contributed by atoms with van der Waals surface area (Å²) in [5, 5.41) is 36.5. The predicted octanol–water partition coefficient (Wildman–Crippen LogP) is 2.35. The van der Waals surface area contributed by atoms with E-state index in [9.17, 15) is 15.3 Å². The molecule has 4 rings (SSSR count). The second-order valence-electron chi connectivity index (χ2n) is 9.78. The molecule has 2 saturated heterocycles. The summed E-state index contributed by atoms with van der Waals surface area (Å²) < 4.78 is 11.3. The average Bonchev–Trinajstić information content (AvgIpc) is 3.44. The fourth-order valence-corrected chi connectivity index (χ4v) is 4.73. The van der Waals surface area contributed by atoms with Gasteiger partial charge in [-0.25, -0.2) is 9.97 Å². The van der Waals surface area contributed by atoms with Crippen LogP contribution in [0.1, 0.15) is 45.1 Å². The largest absolute Gasteiger partial charge is 0.491 e. The van der Waals surface area contributed by atoms with Crippen molar-refractivity contribution >= 4 is 11.6 Å². The van der Waals surface area contributed by atoms with Crippen LogP contribution in [0.25, 0.3) is 11.4 Å². The van der Waals surface area contributed by atoms with Gasteiger partial charge in [0.2, 0.25) is 0 Å². The Morgan fingerprint density at radius 1 is 1.24 bits per heavy atom. The summed E-state index contributed by atoms with van der Waals surface area (Å²) in [5.74, 6) is 2.83. The van der Waals surface area contributed by atoms with Crippen LogP contribution in [-0.4, -0.2) is 96.1 Å².